The second-order valence-electron chi connectivity index (χ2n) is 3.94. The topological polar surface area (TPSA) is 88.4 Å². The van der Waals surface area contributed by atoms with E-state index in [0.29, 0.717) is 17.9 Å². The van der Waals surface area contributed by atoms with Gasteiger partial charge in [0.1, 0.15) is 5.75 Å². The number of amides is 1. The Labute approximate surface area is 117 Å². The summed E-state index contributed by atoms with van der Waals surface area (Å²) in [6, 6.07) is 8.31. The lowest BCUT2D eigenvalue weighted by Gasteiger charge is -2.07. The lowest BCUT2D eigenvalue weighted by Crippen LogP contribution is -2.30. The number of rotatable bonds is 7. The van der Waals surface area contributed by atoms with E-state index in [1.54, 1.807) is 24.3 Å². The number of nitriles is 1. The van der Waals surface area contributed by atoms with Crippen molar-refractivity contribution in [2.45, 2.75) is 13.3 Å². The molecule has 6 heteroatoms. The second kappa shape index (κ2) is 8.53. The molecule has 0 atom stereocenters. The van der Waals surface area contributed by atoms with Crippen molar-refractivity contribution in [3.05, 3.63) is 29.8 Å². The van der Waals surface area contributed by atoms with Crippen LogP contribution in [0.25, 0.3) is 0 Å². The Morgan fingerprint density at radius 1 is 1.25 bits per heavy atom. The highest BCUT2D eigenvalue weighted by Crippen LogP contribution is 2.11. The Hall–Kier alpha value is -2.55. The van der Waals surface area contributed by atoms with E-state index in [1.807, 2.05) is 13.0 Å². The highest BCUT2D eigenvalue weighted by molar-refractivity contribution is 5.80. The molecular weight excluding hydrogens is 260 g/mol. The summed E-state index contributed by atoms with van der Waals surface area (Å²) >= 11 is 0. The zero-order valence-electron chi connectivity index (χ0n) is 11.2. The maximum Gasteiger partial charge on any atom is 0.344 e. The average Bonchev–Trinajstić information content (AvgIpc) is 2.49. The van der Waals surface area contributed by atoms with Crippen LogP contribution in [0.3, 0.4) is 0 Å². The summed E-state index contributed by atoms with van der Waals surface area (Å²) in [7, 11) is 0. The minimum atomic E-state index is -0.624. The normalized spacial score (nSPS) is 9.40. The molecule has 0 bridgehead atoms. The predicted octanol–water partition coefficient (Wildman–Crippen LogP) is 1.01. The van der Waals surface area contributed by atoms with E-state index in [1.165, 1.54) is 0 Å². The van der Waals surface area contributed by atoms with Crippen LogP contribution in [0.4, 0.5) is 0 Å². The van der Waals surface area contributed by atoms with Crippen LogP contribution >= 0.6 is 0 Å². The first-order valence-electron chi connectivity index (χ1n) is 6.21. The van der Waals surface area contributed by atoms with Gasteiger partial charge in [-0.3, -0.25) is 4.79 Å². The molecule has 0 heterocycles. The van der Waals surface area contributed by atoms with E-state index >= 15 is 0 Å². The Morgan fingerprint density at radius 3 is 2.55 bits per heavy atom. The summed E-state index contributed by atoms with van der Waals surface area (Å²) in [5.74, 6) is -0.504. The number of carbonyl (C=O) groups excluding carboxylic acids is 2. The molecule has 106 valence electrons. The number of esters is 1. The molecule has 0 fully saturated rings. The first-order valence-corrected chi connectivity index (χ1v) is 6.21. The minimum absolute atomic E-state index is 0.285. The number of carbonyl (C=O) groups is 2. The fraction of sp³-hybridized carbons (Fsp3) is 0.357. The predicted molar refractivity (Wildman–Crippen MR) is 70.9 cm³/mol. The molecule has 0 radical (unpaired) electrons. The average molecular weight is 276 g/mol. The van der Waals surface area contributed by atoms with Gasteiger partial charge in [-0.1, -0.05) is 6.92 Å². The molecular formula is C14H16N2O4. The monoisotopic (exact) mass is 276 g/mol. The van der Waals surface area contributed by atoms with E-state index in [0.717, 1.165) is 6.42 Å². The summed E-state index contributed by atoms with van der Waals surface area (Å²) in [5.41, 5.74) is 0.507. The summed E-state index contributed by atoms with van der Waals surface area (Å²) in [4.78, 5) is 22.5. The van der Waals surface area contributed by atoms with Crippen molar-refractivity contribution in [3.8, 4) is 11.8 Å². The van der Waals surface area contributed by atoms with E-state index in [4.69, 9.17) is 14.7 Å². The third-order valence-electron chi connectivity index (χ3n) is 2.28. The molecule has 1 rings (SSSR count). The van der Waals surface area contributed by atoms with Gasteiger partial charge in [0, 0.05) is 6.54 Å². The fourth-order valence-electron chi connectivity index (χ4n) is 1.27. The SMILES string of the molecule is CCCNC(=O)COC(=O)COc1ccc(C#N)cc1. The Bertz CT molecular complexity index is 491. The van der Waals surface area contributed by atoms with Crippen molar-refractivity contribution in [2.24, 2.45) is 0 Å². The molecule has 0 aliphatic rings. The van der Waals surface area contributed by atoms with Crippen molar-refractivity contribution in [2.75, 3.05) is 19.8 Å². The zero-order valence-corrected chi connectivity index (χ0v) is 11.2. The van der Waals surface area contributed by atoms with Gasteiger partial charge >= 0.3 is 5.97 Å². The lowest BCUT2D eigenvalue weighted by atomic mass is 10.2. The van der Waals surface area contributed by atoms with Gasteiger partial charge in [-0.05, 0) is 30.7 Å². The highest BCUT2D eigenvalue weighted by atomic mass is 16.6. The van der Waals surface area contributed by atoms with Gasteiger partial charge in [0.15, 0.2) is 13.2 Å². The summed E-state index contributed by atoms with van der Waals surface area (Å²) in [6.07, 6.45) is 0.821. The Balaban J connectivity index is 2.25. The van der Waals surface area contributed by atoms with Crippen molar-refractivity contribution in [1.82, 2.24) is 5.32 Å². The smallest absolute Gasteiger partial charge is 0.344 e. The van der Waals surface area contributed by atoms with E-state index < -0.39 is 5.97 Å². The van der Waals surface area contributed by atoms with Crippen LogP contribution in [0.2, 0.25) is 0 Å². The molecule has 6 nitrogen and oxygen atoms in total. The quantitative estimate of drug-likeness (QED) is 0.751. The molecule has 1 amide bonds. The molecule has 1 N–H and O–H groups in total. The molecule has 0 aromatic heterocycles. The van der Waals surface area contributed by atoms with Crippen molar-refractivity contribution in [1.29, 1.82) is 5.26 Å². The van der Waals surface area contributed by atoms with Crippen LogP contribution in [0.15, 0.2) is 24.3 Å². The third kappa shape index (κ3) is 5.87. The molecule has 0 saturated carbocycles. The first kappa shape index (κ1) is 15.5. The highest BCUT2D eigenvalue weighted by Gasteiger charge is 2.07. The summed E-state index contributed by atoms with van der Waals surface area (Å²) < 4.78 is 9.90. The van der Waals surface area contributed by atoms with Crippen molar-refractivity contribution in [3.63, 3.8) is 0 Å². The van der Waals surface area contributed by atoms with Crippen LogP contribution in [0.1, 0.15) is 18.9 Å². The number of nitrogens with zero attached hydrogens (tertiary/aromatic N) is 1. The standard InChI is InChI=1S/C14H16N2O4/c1-2-7-16-13(17)9-20-14(18)10-19-12-5-3-11(8-15)4-6-12/h3-6H,2,7,9-10H2,1H3,(H,16,17). The van der Waals surface area contributed by atoms with Gasteiger partial charge in [-0.2, -0.15) is 5.26 Å². The number of benzene rings is 1. The van der Waals surface area contributed by atoms with Gasteiger partial charge in [0.2, 0.25) is 0 Å². The van der Waals surface area contributed by atoms with E-state index in [9.17, 15) is 9.59 Å². The number of hydrogen-bond acceptors (Lipinski definition) is 5. The van der Waals surface area contributed by atoms with Crippen LogP contribution in [0, 0.1) is 11.3 Å². The number of nitrogens with one attached hydrogen (secondary N) is 1. The van der Waals surface area contributed by atoms with Gasteiger partial charge in [0.25, 0.3) is 5.91 Å². The largest absolute Gasteiger partial charge is 0.482 e. The first-order chi connectivity index (χ1) is 9.65. The van der Waals surface area contributed by atoms with Gasteiger partial charge in [-0.25, -0.2) is 4.79 Å². The van der Waals surface area contributed by atoms with Gasteiger partial charge < -0.3 is 14.8 Å². The molecule has 1 aromatic rings. The van der Waals surface area contributed by atoms with Crippen LogP contribution in [-0.2, 0) is 14.3 Å². The zero-order chi connectivity index (χ0) is 14.8. The lowest BCUT2D eigenvalue weighted by molar-refractivity contribution is -0.150. The third-order valence-corrected chi connectivity index (χ3v) is 2.28. The summed E-state index contributed by atoms with van der Waals surface area (Å²) in [5, 5.41) is 11.2. The fourth-order valence-corrected chi connectivity index (χ4v) is 1.27. The maximum atomic E-state index is 11.3. The molecule has 1 aromatic carbocycles. The molecule has 0 saturated heterocycles. The Morgan fingerprint density at radius 2 is 1.95 bits per heavy atom. The molecule has 0 spiro atoms. The number of hydrogen-bond donors (Lipinski definition) is 1. The second-order valence-corrected chi connectivity index (χ2v) is 3.94. The van der Waals surface area contributed by atoms with Crippen LogP contribution < -0.4 is 10.1 Å². The van der Waals surface area contributed by atoms with Gasteiger partial charge in [-0.15, -0.1) is 0 Å². The number of ether oxygens (including phenoxy) is 2. The van der Waals surface area contributed by atoms with E-state index in [2.05, 4.69) is 5.32 Å². The molecule has 0 aliphatic heterocycles. The molecule has 20 heavy (non-hydrogen) atoms. The van der Waals surface area contributed by atoms with Crippen LogP contribution in [0.5, 0.6) is 5.75 Å². The van der Waals surface area contributed by atoms with Crippen molar-refractivity contribution < 1.29 is 19.1 Å². The van der Waals surface area contributed by atoms with E-state index in [-0.39, 0.29) is 19.1 Å². The minimum Gasteiger partial charge on any atom is -0.482 e. The van der Waals surface area contributed by atoms with Crippen LogP contribution in [-0.4, -0.2) is 31.6 Å². The maximum absolute atomic E-state index is 11.3. The Kier molecular flexibility index (Phi) is 6.62. The van der Waals surface area contributed by atoms with Crippen molar-refractivity contribution >= 4 is 11.9 Å². The molecule has 0 unspecified atom stereocenters. The molecule has 0 aliphatic carbocycles. The van der Waals surface area contributed by atoms with Gasteiger partial charge in [0.05, 0.1) is 11.6 Å². The summed E-state index contributed by atoms with van der Waals surface area (Å²) in [6.45, 7) is 1.89.